The van der Waals surface area contributed by atoms with Crippen LogP contribution in [0.1, 0.15) is 5.56 Å². The van der Waals surface area contributed by atoms with Crippen molar-refractivity contribution in [3.05, 3.63) is 29.6 Å². The number of phenolic OH excluding ortho intramolecular Hbond substituents is 1. The number of rotatable bonds is 3. The molecule has 4 heteroatoms. The first-order chi connectivity index (χ1) is 6.69. The van der Waals surface area contributed by atoms with E-state index in [4.69, 9.17) is 10.5 Å². The summed E-state index contributed by atoms with van der Waals surface area (Å²) in [6.45, 7) is 0.340. The van der Waals surface area contributed by atoms with Crippen molar-refractivity contribution >= 4 is 6.08 Å². The maximum Gasteiger partial charge on any atom is 0.165 e. The molecule has 3 N–H and O–H groups in total. The van der Waals surface area contributed by atoms with Crippen LogP contribution < -0.4 is 10.5 Å². The van der Waals surface area contributed by atoms with Gasteiger partial charge in [-0.1, -0.05) is 12.2 Å². The molecule has 0 radical (unpaired) electrons. The molecule has 0 aromatic heterocycles. The number of aromatic hydroxyl groups is 1. The van der Waals surface area contributed by atoms with Crippen LogP contribution in [0.2, 0.25) is 0 Å². The summed E-state index contributed by atoms with van der Waals surface area (Å²) in [7, 11) is 1.34. The molecule has 0 saturated carbocycles. The second-order valence-electron chi connectivity index (χ2n) is 2.68. The molecule has 76 valence electrons. The zero-order chi connectivity index (χ0) is 10.6. The van der Waals surface area contributed by atoms with Crippen molar-refractivity contribution in [2.75, 3.05) is 13.7 Å². The van der Waals surface area contributed by atoms with Gasteiger partial charge in [0.25, 0.3) is 0 Å². The summed E-state index contributed by atoms with van der Waals surface area (Å²) in [5.41, 5.74) is 5.62. The van der Waals surface area contributed by atoms with E-state index in [2.05, 4.69) is 0 Å². The predicted molar refractivity (Wildman–Crippen MR) is 52.7 cm³/mol. The van der Waals surface area contributed by atoms with E-state index >= 15 is 0 Å². The van der Waals surface area contributed by atoms with Gasteiger partial charge in [0, 0.05) is 18.2 Å². The topological polar surface area (TPSA) is 55.5 Å². The quantitative estimate of drug-likeness (QED) is 0.772. The van der Waals surface area contributed by atoms with E-state index in [0.717, 1.165) is 0 Å². The van der Waals surface area contributed by atoms with Gasteiger partial charge in [0.05, 0.1) is 7.11 Å². The van der Waals surface area contributed by atoms with Crippen molar-refractivity contribution in [3.8, 4) is 11.5 Å². The van der Waals surface area contributed by atoms with Gasteiger partial charge in [0.15, 0.2) is 11.6 Å². The van der Waals surface area contributed by atoms with Crippen molar-refractivity contribution in [2.45, 2.75) is 0 Å². The Morgan fingerprint density at radius 3 is 2.86 bits per heavy atom. The van der Waals surface area contributed by atoms with Crippen molar-refractivity contribution in [1.82, 2.24) is 0 Å². The molecular formula is C10H12FNO2. The number of hydrogen-bond acceptors (Lipinski definition) is 3. The average Bonchev–Trinajstić information content (AvgIpc) is 2.18. The maximum absolute atomic E-state index is 13.2. The van der Waals surface area contributed by atoms with Crippen LogP contribution in [0.5, 0.6) is 11.5 Å². The molecule has 0 aliphatic heterocycles. The van der Waals surface area contributed by atoms with Gasteiger partial charge in [-0.25, -0.2) is 4.39 Å². The second kappa shape index (κ2) is 4.62. The molecule has 0 unspecified atom stereocenters. The molecule has 14 heavy (non-hydrogen) atoms. The number of benzene rings is 1. The molecule has 0 saturated heterocycles. The molecule has 0 bridgehead atoms. The lowest BCUT2D eigenvalue weighted by Crippen LogP contribution is -1.93. The Kier molecular flexibility index (Phi) is 3.48. The van der Waals surface area contributed by atoms with Gasteiger partial charge in [0.1, 0.15) is 5.75 Å². The molecule has 0 aliphatic rings. The molecule has 0 fully saturated rings. The van der Waals surface area contributed by atoms with Crippen LogP contribution in [0.4, 0.5) is 4.39 Å². The van der Waals surface area contributed by atoms with Crippen LogP contribution in [0, 0.1) is 5.82 Å². The zero-order valence-corrected chi connectivity index (χ0v) is 7.83. The summed E-state index contributed by atoms with van der Waals surface area (Å²) < 4.78 is 17.9. The lowest BCUT2D eigenvalue weighted by atomic mass is 10.1. The van der Waals surface area contributed by atoms with Crippen molar-refractivity contribution in [1.29, 1.82) is 0 Å². The minimum absolute atomic E-state index is 0.0207. The van der Waals surface area contributed by atoms with Gasteiger partial charge in [-0.05, 0) is 6.07 Å². The number of ether oxygens (including phenoxy) is 1. The van der Waals surface area contributed by atoms with Gasteiger partial charge >= 0.3 is 0 Å². The highest BCUT2D eigenvalue weighted by atomic mass is 19.1. The molecule has 0 aliphatic carbocycles. The van der Waals surface area contributed by atoms with Gasteiger partial charge in [0.2, 0.25) is 0 Å². The normalized spacial score (nSPS) is 10.8. The molecule has 0 heterocycles. The van der Waals surface area contributed by atoms with Crippen LogP contribution >= 0.6 is 0 Å². The lowest BCUT2D eigenvalue weighted by molar-refractivity contribution is 0.380. The van der Waals surface area contributed by atoms with Gasteiger partial charge < -0.3 is 15.6 Å². The van der Waals surface area contributed by atoms with Gasteiger partial charge in [-0.2, -0.15) is 0 Å². The van der Waals surface area contributed by atoms with Crippen LogP contribution in [-0.2, 0) is 0 Å². The van der Waals surface area contributed by atoms with Gasteiger partial charge in [-0.15, -0.1) is 0 Å². The molecule has 1 aromatic rings. The Morgan fingerprint density at radius 1 is 1.57 bits per heavy atom. The average molecular weight is 197 g/mol. The molecule has 3 nitrogen and oxygen atoms in total. The summed E-state index contributed by atoms with van der Waals surface area (Å²) in [5.74, 6) is -0.526. The van der Waals surface area contributed by atoms with Crippen LogP contribution in [-0.4, -0.2) is 18.8 Å². The monoisotopic (exact) mass is 197 g/mol. The molecule has 1 rings (SSSR count). The Hall–Kier alpha value is -1.55. The fraction of sp³-hybridized carbons (Fsp3) is 0.200. The lowest BCUT2D eigenvalue weighted by Gasteiger charge is -2.04. The first kappa shape index (κ1) is 10.5. The van der Waals surface area contributed by atoms with Crippen LogP contribution in [0.25, 0.3) is 6.08 Å². The standard InChI is InChI=1S/C10H12FNO2/c1-14-10-6-9(13)7(3-2-4-12)5-8(10)11/h2-3,5-6,13H,4,12H2,1H3/b3-2+. The molecule has 1 aromatic carbocycles. The van der Waals surface area contributed by atoms with Crippen LogP contribution in [0.15, 0.2) is 18.2 Å². The summed E-state index contributed by atoms with van der Waals surface area (Å²) in [5, 5.41) is 9.43. The first-order valence-corrected chi connectivity index (χ1v) is 4.12. The largest absolute Gasteiger partial charge is 0.507 e. The molecule has 0 amide bonds. The highest BCUT2D eigenvalue weighted by Gasteiger charge is 2.06. The summed E-state index contributed by atoms with van der Waals surface area (Å²) >= 11 is 0. The highest BCUT2D eigenvalue weighted by Crippen LogP contribution is 2.27. The molecule has 0 atom stereocenters. The Balaban J connectivity index is 3.08. The smallest absolute Gasteiger partial charge is 0.165 e. The van der Waals surface area contributed by atoms with Crippen LogP contribution in [0.3, 0.4) is 0 Å². The third-order valence-electron chi connectivity index (χ3n) is 1.73. The maximum atomic E-state index is 13.2. The summed E-state index contributed by atoms with van der Waals surface area (Å²) in [6.07, 6.45) is 3.18. The number of phenols is 1. The van der Waals surface area contributed by atoms with E-state index in [1.54, 1.807) is 12.2 Å². The Labute approximate surface area is 81.6 Å². The fourth-order valence-electron chi connectivity index (χ4n) is 1.04. The van der Waals surface area contributed by atoms with E-state index < -0.39 is 5.82 Å². The van der Waals surface area contributed by atoms with Crippen molar-refractivity contribution in [2.24, 2.45) is 5.73 Å². The highest BCUT2D eigenvalue weighted by molar-refractivity contribution is 5.59. The number of halogens is 1. The van der Waals surface area contributed by atoms with E-state index in [9.17, 15) is 9.50 Å². The van der Waals surface area contributed by atoms with E-state index in [1.807, 2.05) is 0 Å². The molecule has 0 spiro atoms. The third kappa shape index (κ3) is 2.23. The Morgan fingerprint density at radius 2 is 2.29 bits per heavy atom. The van der Waals surface area contributed by atoms with E-state index in [0.29, 0.717) is 12.1 Å². The second-order valence-corrected chi connectivity index (χ2v) is 2.68. The van der Waals surface area contributed by atoms with E-state index in [1.165, 1.54) is 19.2 Å². The molecular weight excluding hydrogens is 185 g/mol. The SMILES string of the molecule is COc1cc(O)c(/C=C/CN)cc1F. The first-order valence-electron chi connectivity index (χ1n) is 4.12. The minimum Gasteiger partial charge on any atom is -0.507 e. The zero-order valence-electron chi connectivity index (χ0n) is 7.83. The predicted octanol–water partition coefficient (Wildman–Crippen LogP) is 1.51. The summed E-state index contributed by atoms with van der Waals surface area (Å²) in [4.78, 5) is 0. The van der Waals surface area contributed by atoms with Gasteiger partial charge in [-0.3, -0.25) is 0 Å². The number of hydrogen-bond donors (Lipinski definition) is 2. The Bertz CT molecular complexity index is 350. The minimum atomic E-state index is -0.512. The van der Waals surface area contributed by atoms with E-state index in [-0.39, 0.29) is 11.5 Å². The van der Waals surface area contributed by atoms with Crippen molar-refractivity contribution < 1.29 is 14.2 Å². The number of methoxy groups -OCH3 is 1. The fourth-order valence-corrected chi connectivity index (χ4v) is 1.04. The number of nitrogens with two attached hydrogens (primary N) is 1. The van der Waals surface area contributed by atoms with Crippen molar-refractivity contribution in [3.63, 3.8) is 0 Å². The third-order valence-corrected chi connectivity index (χ3v) is 1.73. The summed E-state index contributed by atoms with van der Waals surface area (Å²) in [6, 6.07) is 2.42.